The van der Waals surface area contributed by atoms with Gasteiger partial charge < -0.3 is 10.4 Å². The van der Waals surface area contributed by atoms with Gasteiger partial charge in [-0.2, -0.15) is 0 Å². The van der Waals surface area contributed by atoms with Gasteiger partial charge in [-0.05, 0) is 26.2 Å². The quantitative estimate of drug-likeness (QED) is 0.701. The summed E-state index contributed by atoms with van der Waals surface area (Å²) in [4.78, 5) is 22.1. The van der Waals surface area contributed by atoms with Gasteiger partial charge in [0.25, 0.3) is 0 Å². The zero-order chi connectivity index (χ0) is 11.4. The second kappa shape index (κ2) is 5.14. The molecule has 15 heavy (non-hydrogen) atoms. The van der Waals surface area contributed by atoms with Gasteiger partial charge >= 0.3 is 5.97 Å². The van der Waals surface area contributed by atoms with Crippen LogP contribution in [0.4, 0.5) is 0 Å². The molecule has 0 spiro atoms. The third-order valence-corrected chi connectivity index (χ3v) is 3.00. The Morgan fingerprint density at radius 3 is 2.47 bits per heavy atom. The van der Waals surface area contributed by atoms with Gasteiger partial charge in [-0.3, -0.25) is 9.59 Å². The first-order chi connectivity index (χ1) is 7.00. The third-order valence-electron chi connectivity index (χ3n) is 3.00. The first kappa shape index (κ1) is 12.0. The number of aliphatic carboxylic acids is 1. The summed E-state index contributed by atoms with van der Waals surface area (Å²) in [5, 5.41) is 11.5. The summed E-state index contributed by atoms with van der Waals surface area (Å²) in [7, 11) is 0. The van der Waals surface area contributed by atoms with Crippen LogP contribution in [0.1, 0.15) is 39.5 Å². The Hall–Kier alpha value is -1.06. The highest BCUT2D eigenvalue weighted by molar-refractivity contribution is 5.77. The van der Waals surface area contributed by atoms with E-state index in [1.807, 2.05) is 0 Å². The molecule has 1 fully saturated rings. The lowest BCUT2D eigenvalue weighted by atomic mass is 10.0. The number of amides is 1. The second-order valence-corrected chi connectivity index (χ2v) is 4.47. The van der Waals surface area contributed by atoms with Crippen LogP contribution in [-0.2, 0) is 9.59 Å². The molecule has 0 heterocycles. The Morgan fingerprint density at radius 1 is 1.40 bits per heavy atom. The minimum absolute atomic E-state index is 0.0255. The molecule has 4 nitrogen and oxygen atoms in total. The van der Waals surface area contributed by atoms with E-state index in [9.17, 15) is 9.59 Å². The third kappa shape index (κ3) is 4.32. The van der Waals surface area contributed by atoms with Gasteiger partial charge in [0.15, 0.2) is 0 Å². The average molecular weight is 213 g/mol. The fourth-order valence-electron chi connectivity index (χ4n) is 1.41. The van der Waals surface area contributed by atoms with Crippen LogP contribution >= 0.6 is 0 Å². The van der Waals surface area contributed by atoms with Gasteiger partial charge in [0, 0.05) is 12.5 Å². The average Bonchev–Trinajstić information content (AvgIpc) is 2.96. The fraction of sp³-hybridized carbons (Fsp3) is 0.818. The van der Waals surface area contributed by atoms with E-state index < -0.39 is 11.9 Å². The normalized spacial score (nSPS) is 19.3. The van der Waals surface area contributed by atoms with Gasteiger partial charge in [-0.1, -0.05) is 12.8 Å². The summed E-state index contributed by atoms with van der Waals surface area (Å²) in [5.41, 5.74) is 0. The van der Waals surface area contributed by atoms with Gasteiger partial charge in [-0.15, -0.1) is 0 Å². The van der Waals surface area contributed by atoms with E-state index in [2.05, 4.69) is 5.32 Å². The minimum Gasteiger partial charge on any atom is -0.481 e. The molecule has 0 aliphatic heterocycles. The van der Waals surface area contributed by atoms with Crippen molar-refractivity contribution in [2.24, 2.45) is 11.8 Å². The number of hydrogen-bond acceptors (Lipinski definition) is 2. The lowest BCUT2D eigenvalue weighted by molar-refractivity contribution is -0.142. The molecule has 1 aliphatic carbocycles. The zero-order valence-electron chi connectivity index (χ0n) is 9.32. The van der Waals surface area contributed by atoms with Gasteiger partial charge in [0.1, 0.15) is 0 Å². The highest BCUT2D eigenvalue weighted by Crippen LogP contribution is 2.33. The van der Waals surface area contributed by atoms with Crippen molar-refractivity contribution in [3.8, 4) is 0 Å². The fourth-order valence-corrected chi connectivity index (χ4v) is 1.41. The molecule has 0 saturated heterocycles. The van der Waals surface area contributed by atoms with E-state index in [1.165, 1.54) is 12.8 Å². The van der Waals surface area contributed by atoms with Crippen LogP contribution in [0, 0.1) is 11.8 Å². The molecule has 1 aliphatic rings. The highest BCUT2D eigenvalue weighted by Gasteiger charge is 2.24. The maximum absolute atomic E-state index is 11.4. The number of carboxylic acid groups (broad SMARTS) is 1. The Labute approximate surface area is 90.0 Å². The predicted molar refractivity (Wildman–Crippen MR) is 56.4 cm³/mol. The van der Waals surface area contributed by atoms with Crippen LogP contribution in [0.3, 0.4) is 0 Å². The lowest BCUT2D eigenvalue weighted by Gasteiger charge is -2.17. The summed E-state index contributed by atoms with van der Waals surface area (Å²) in [6, 6.07) is -0.297. The molecule has 4 heteroatoms. The molecule has 2 N–H and O–H groups in total. The standard InChI is InChI=1S/C11H19NO3/c1-7(11(14)15)8(2)12-10(13)6-5-9-3-4-9/h7-9H,3-6H2,1-2H3,(H,12,13)(H,14,15). The van der Waals surface area contributed by atoms with Crippen LogP contribution in [0.15, 0.2) is 0 Å². The van der Waals surface area contributed by atoms with E-state index >= 15 is 0 Å². The Bertz CT molecular complexity index is 248. The van der Waals surface area contributed by atoms with Crippen molar-refractivity contribution in [2.75, 3.05) is 0 Å². The molecule has 1 saturated carbocycles. The Morgan fingerprint density at radius 2 is 2.00 bits per heavy atom. The maximum Gasteiger partial charge on any atom is 0.308 e. The molecule has 86 valence electrons. The van der Waals surface area contributed by atoms with Crippen molar-refractivity contribution in [2.45, 2.75) is 45.6 Å². The summed E-state index contributed by atoms with van der Waals surface area (Å²) >= 11 is 0. The van der Waals surface area contributed by atoms with E-state index in [0.29, 0.717) is 6.42 Å². The molecule has 0 bridgehead atoms. The molecule has 0 aromatic rings. The highest BCUT2D eigenvalue weighted by atomic mass is 16.4. The van der Waals surface area contributed by atoms with E-state index in [0.717, 1.165) is 12.3 Å². The van der Waals surface area contributed by atoms with Crippen LogP contribution in [0.2, 0.25) is 0 Å². The molecular weight excluding hydrogens is 194 g/mol. The van der Waals surface area contributed by atoms with Gasteiger partial charge in [0.05, 0.1) is 5.92 Å². The van der Waals surface area contributed by atoms with Crippen molar-refractivity contribution in [3.63, 3.8) is 0 Å². The van der Waals surface area contributed by atoms with Gasteiger partial charge in [-0.25, -0.2) is 0 Å². The summed E-state index contributed by atoms with van der Waals surface area (Å²) in [6.45, 7) is 3.34. The number of carbonyl (C=O) groups excluding carboxylic acids is 1. The van der Waals surface area contributed by atoms with Crippen LogP contribution in [0.5, 0.6) is 0 Å². The summed E-state index contributed by atoms with van der Waals surface area (Å²) < 4.78 is 0. The molecule has 1 rings (SSSR count). The maximum atomic E-state index is 11.4. The largest absolute Gasteiger partial charge is 0.481 e. The summed E-state index contributed by atoms with van der Waals surface area (Å²) in [6.07, 6.45) is 3.96. The molecule has 2 unspecified atom stereocenters. The topological polar surface area (TPSA) is 66.4 Å². The molecule has 1 amide bonds. The number of hydrogen-bond donors (Lipinski definition) is 2. The van der Waals surface area contributed by atoms with Crippen molar-refractivity contribution < 1.29 is 14.7 Å². The number of nitrogens with one attached hydrogen (secondary N) is 1. The van der Waals surface area contributed by atoms with E-state index in [4.69, 9.17) is 5.11 Å². The lowest BCUT2D eigenvalue weighted by Crippen LogP contribution is -2.39. The first-order valence-electron chi connectivity index (χ1n) is 5.53. The molecule has 0 radical (unpaired) electrons. The van der Waals surface area contributed by atoms with Crippen molar-refractivity contribution in [1.29, 1.82) is 0 Å². The van der Waals surface area contributed by atoms with Crippen LogP contribution in [-0.4, -0.2) is 23.0 Å². The Balaban J connectivity index is 2.20. The monoisotopic (exact) mass is 213 g/mol. The minimum atomic E-state index is -0.870. The molecule has 0 aromatic carbocycles. The first-order valence-corrected chi connectivity index (χ1v) is 5.53. The number of carboxylic acids is 1. The SMILES string of the molecule is CC(NC(=O)CCC1CC1)C(C)C(=O)O. The smallest absolute Gasteiger partial charge is 0.308 e. The second-order valence-electron chi connectivity index (χ2n) is 4.47. The molecule has 2 atom stereocenters. The summed E-state index contributed by atoms with van der Waals surface area (Å²) in [5.74, 6) is -0.690. The van der Waals surface area contributed by atoms with Crippen LogP contribution in [0.25, 0.3) is 0 Å². The predicted octanol–water partition coefficient (Wildman–Crippen LogP) is 1.40. The molecular formula is C11H19NO3. The zero-order valence-corrected chi connectivity index (χ0v) is 9.32. The molecule has 0 aromatic heterocycles. The van der Waals surface area contributed by atoms with Crippen molar-refractivity contribution >= 4 is 11.9 Å². The Kier molecular flexibility index (Phi) is 4.12. The number of rotatable bonds is 6. The van der Waals surface area contributed by atoms with E-state index in [1.54, 1.807) is 13.8 Å². The van der Waals surface area contributed by atoms with Crippen LogP contribution < -0.4 is 5.32 Å². The van der Waals surface area contributed by atoms with Crippen molar-refractivity contribution in [3.05, 3.63) is 0 Å². The number of carbonyl (C=O) groups is 2. The van der Waals surface area contributed by atoms with Crippen molar-refractivity contribution in [1.82, 2.24) is 5.32 Å². The van der Waals surface area contributed by atoms with E-state index in [-0.39, 0.29) is 11.9 Å². The van der Waals surface area contributed by atoms with Gasteiger partial charge in [0.2, 0.25) is 5.91 Å².